The van der Waals surface area contributed by atoms with E-state index in [4.69, 9.17) is 4.74 Å². The van der Waals surface area contributed by atoms with Gasteiger partial charge in [-0.3, -0.25) is 9.78 Å². The van der Waals surface area contributed by atoms with Crippen molar-refractivity contribution in [1.82, 2.24) is 4.98 Å². The normalized spacial score (nSPS) is 14.2. The first-order valence-corrected chi connectivity index (χ1v) is 5.54. The molecule has 5 heteroatoms. The molecule has 0 atom stereocenters. The summed E-state index contributed by atoms with van der Waals surface area (Å²) in [5.41, 5.74) is 1.47. The lowest BCUT2D eigenvalue weighted by Crippen LogP contribution is -2.25. The molecule has 80 valence electrons. The van der Waals surface area contributed by atoms with Crippen LogP contribution in [-0.4, -0.2) is 17.5 Å². The Kier molecular flexibility index (Phi) is 2.07. The molecule has 1 N–H and O–H groups in total. The van der Waals surface area contributed by atoms with Gasteiger partial charge in [0.05, 0.1) is 11.7 Å². The van der Waals surface area contributed by atoms with Gasteiger partial charge in [0.15, 0.2) is 12.4 Å². The van der Waals surface area contributed by atoms with E-state index in [1.807, 2.05) is 18.2 Å². The fourth-order valence-electron chi connectivity index (χ4n) is 1.71. The van der Waals surface area contributed by atoms with Crippen LogP contribution in [0.25, 0.3) is 10.9 Å². The zero-order chi connectivity index (χ0) is 11.1. The summed E-state index contributed by atoms with van der Waals surface area (Å²) >= 11 is 3.40. The summed E-state index contributed by atoms with van der Waals surface area (Å²) in [4.78, 5) is 15.4. The number of rotatable bonds is 0. The van der Waals surface area contributed by atoms with E-state index in [9.17, 15) is 4.79 Å². The number of hydrogen-bond donors (Lipinski definition) is 1. The molecule has 4 nitrogen and oxygen atoms in total. The maximum absolute atomic E-state index is 11.2. The number of nitrogens with one attached hydrogen (secondary N) is 1. The number of carbonyl (C=O) groups excluding carboxylic acids is 1. The highest BCUT2D eigenvalue weighted by Crippen LogP contribution is 2.35. The zero-order valence-electron chi connectivity index (χ0n) is 8.16. The topological polar surface area (TPSA) is 51.2 Å². The van der Waals surface area contributed by atoms with Gasteiger partial charge in [-0.05, 0) is 18.2 Å². The Hall–Kier alpha value is -1.62. The summed E-state index contributed by atoms with van der Waals surface area (Å²) in [6.45, 7) is 0.0542. The number of carbonyl (C=O) groups is 1. The Bertz CT molecular complexity index is 598. The Morgan fingerprint density at radius 2 is 2.31 bits per heavy atom. The minimum Gasteiger partial charge on any atom is -0.481 e. The molecule has 0 aliphatic carbocycles. The molecule has 0 saturated heterocycles. The number of aromatic nitrogens is 1. The predicted octanol–water partition coefficient (Wildman–Crippen LogP) is 2.33. The predicted molar refractivity (Wildman–Crippen MR) is 63.6 cm³/mol. The number of halogens is 1. The number of hydrogen-bond acceptors (Lipinski definition) is 3. The molecular weight excluding hydrogens is 272 g/mol. The van der Waals surface area contributed by atoms with Crippen LogP contribution in [0.15, 0.2) is 28.9 Å². The van der Waals surface area contributed by atoms with Crippen LogP contribution < -0.4 is 10.1 Å². The first kappa shape index (κ1) is 9.59. The summed E-state index contributed by atoms with van der Waals surface area (Å²) in [5.74, 6) is 0.537. The van der Waals surface area contributed by atoms with Crippen LogP contribution in [0.2, 0.25) is 0 Å². The first-order valence-electron chi connectivity index (χ1n) is 4.75. The highest BCUT2D eigenvalue weighted by atomic mass is 79.9. The third kappa shape index (κ3) is 1.44. The molecule has 0 saturated carbocycles. The fraction of sp³-hybridized carbons (Fsp3) is 0.0909. The first-order chi connectivity index (χ1) is 7.74. The Morgan fingerprint density at radius 1 is 1.44 bits per heavy atom. The Labute approximate surface area is 99.7 Å². The van der Waals surface area contributed by atoms with Crippen LogP contribution in [0.3, 0.4) is 0 Å². The van der Waals surface area contributed by atoms with Crippen molar-refractivity contribution in [3.8, 4) is 5.75 Å². The summed E-state index contributed by atoms with van der Waals surface area (Å²) in [7, 11) is 0. The summed E-state index contributed by atoms with van der Waals surface area (Å²) < 4.78 is 6.39. The van der Waals surface area contributed by atoms with Crippen molar-refractivity contribution < 1.29 is 9.53 Å². The van der Waals surface area contributed by atoms with E-state index >= 15 is 0 Å². The Morgan fingerprint density at radius 3 is 3.19 bits per heavy atom. The number of pyridine rings is 1. The molecule has 1 aliphatic rings. The van der Waals surface area contributed by atoms with Crippen molar-refractivity contribution in [1.29, 1.82) is 0 Å². The molecule has 2 aromatic rings. The zero-order valence-corrected chi connectivity index (χ0v) is 9.74. The van der Waals surface area contributed by atoms with Gasteiger partial charge in [0.25, 0.3) is 5.91 Å². The molecule has 1 aromatic carbocycles. The smallest absolute Gasteiger partial charge is 0.262 e. The number of nitrogens with zero attached hydrogens (tertiary/aromatic N) is 1. The number of amides is 1. The van der Waals surface area contributed by atoms with Crippen molar-refractivity contribution in [3.63, 3.8) is 0 Å². The van der Waals surface area contributed by atoms with Gasteiger partial charge in [0.2, 0.25) is 0 Å². The second-order valence-electron chi connectivity index (χ2n) is 3.50. The van der Waals surface area contributed by atoms with E-state index in [1.165, 1.54) is 0 Å². The van der Waals surface area contributed by atoms with E-state index in [1.54, 1.807) is 6.20 Å². The van der Waals surface area contributed by atoms with Crippen LogP contribution in [0.4, 0.5) is 5.69 Å². The third-order valence-electron chi connectivity index (χ3n) is 2.40. The standard InChI is InChI=1S/C11H7BrN2O2/c12-6-1-2-8-7(3-6)11-9(4-13-8)14-10(15)5-16-11/h1-4H,5H2,(H,14,15). The Balaban J connectivity index is 2.30. The highest BCUT2D eigenvalue weighted by Gasteiger charge is 2.18. The number of ether oxygens (including phenoxy) is 1. The van der Waals surface area contributed by atoms with Gasteiger partial charge in [0, 0.05) is 9.86 Å². The number of benzene rings is 1. The molecule has 1 aromatic heterocycles. The molecule has 1 amide bonds. The lowest BCUT2D eigenvalue weighted by Gasteiger charge is -2.18. The van der Waals surface area contributed by atoms with Gasteiger partial charge >= 0.3 is 0 Å². The van der Waals surface area contributed by atoms with Crippen molar-refractivity contribution in [2.75, 3.05) is 11.9 Å². The van der Waals surface area contributed by atoms with Gasteiger partial charge in [-0.15, -0.1) is 0 Å². The minimum absolute atomic E-state index is 0.0542. The molecule has 2 heterocycles. The molecule has 0 radical (unpaired) electrons. The molecule has 0 unspecified atom stereocenters. The van der Waals surface area contributed by atoms with E-state index in [0.29, 0.717) is 11.4 Å². The molecule has 0 fully saturated rings. The van der Waals surface area contributed by atoms with Crippen molar-refractivity contribution in [2.45, 2.75) is 0 Å². The van der Waals surface area contributed by atoms with Crippen LogP contribution in [0.1, 0.15) is 0 Å². The quantitative estimate of drug-likeness (QED) is 0.805. The van der Waals surface area contributed by atoms with Crippen LogP contribution in [0.5, 0.6) is 5.75 Å². The lowest BCUT2D eigenvalue weighted by molar-refractivity contribution is -0.118. The molecule has 3 rings (SSSR count). The summed E-state index contributed by atoms with van der Waals surface area (Å²) in [6, 6.07) is 5.75. The number of anilines is 1. The summed E-state index contributed by atoms with van der Waals surface area (Å²) in [6.07, 6.45) is 1.61. The van der Waals surface area contributed by atoms with E-state index in [2.05, 4.69) is 26.2 Å². The SMILES string of the molecule is O=C1COc2c(cnc3ccc(Br)cc23)N1. The fourth-order valence-corrected chi connectivity index (χ4v) is 2.07. The third-order valence-corrected chi connectivity index (χ3v) is 2.90. The van der Waals surface area contributed by atoms with Crippen LogP contribution >= 0.6 is 15.9 Å². The maximum Gasteiger partial charge on any atom is 0.262 e. The van der Waals surface area contributed by atoms with Gasteiger partial charge in [0.1, 0.15) is 5.69 Å². The average Bonchev–Trinajstić information content (AvgIpc) is 2.28. The molecule has 0 spiro atoms. The van der Waals surface area contributed by atoms with Crippen LogP contribution in [0, 0.1) is 0 Å². The molecule has 1 aliphatic heterocycles. The van der Waals surface area contributed by atoms with Crippen molar-refractivity contribution >= 4 is 38.4 Å². The van der Waals surface area contributed by atoms with Gasteiger partial charge < -0.3 is 10.1 Å². The molecule has 16 heavy (non-hydrogen) atoms. The maximum atomic E-state index is 11.2. The second kappa shape index (κ2) is 3.45. The van der Waals surface area contributed by atoms with E-state index in [0.717, 1.165) is 15.4 Å². The second-order valence-corrected chi connectivity index (χ2v) is 4.41. The monoisotopic (exact) mass is 278 g/mol. The molecular formula is C11H7BrN2O2. The highest BCUT2D eigenvalue weighted by molar-refractivity contribution is 9.10. The van der Waals surface area contributed by atoms with Gasteiger partial charge in [-0.25, -0.2) is 0 Å². The largest absolute Gasteiger partial charge is 0.481 e. The van der Waals surface area contributed by atoms with Crippen molar-refractivity contribution in [3.05, 3.63) is 28.9 Å². The molecule has 0 bridgehead atoms. The van der Waals surface area contributed by atoms with Gasteiger partial charge in [-0.2, -0.15) is 0 Å². The average molecular weight is 279 g/mol. The van der Waals surface area contributed by atoms with Gasteiger partial charge in [-0.1, -0.05) is 15.9 Å². The van der Waals surface area contributed by atoms with Crippen molar-refractivity contribution in [2.24, 2.45) is 0 Å². The summed E-state index contributed by atoms with van der Waals surface area (Å²) in [5, 5.41) is 3.62. The lowest BCUT2D eigenvalue weighted by atomic mass is 10.2. The van der Waals surface area contributed by atoms with E-state index in [-0.39, 0.29) is 12.5 Å². The van der Waals surface area contributed by atoms with E-state index < -0.39 is 0 Å². The minimum atomic E-state index is -0.149. The number of fused-ring (bicyclic) bond motifs is 3. The van der Waals surface area contributed by atoms with Crippen LogP contribution in [-0.2, 0) is 4.79 Å².